The highest BCUT2D eigenvalue weighted by atomic mass is 32.2. The fourth-order valence-electron chi connectivity index (χ4n) is 2.67. The van der Waals surface area contributed by atoms with Crippen LogP contribution < -0.4 is 10.1 Å². The SMILES string of the molecule is O=C(COc1ccccc1)NC[C@@H](c1cccnc1)S(=O)(=O)c1ccccc1. The van der Waals surface area contributed by atoms with Crippen molar-refractivity contribution in [2.24, 2.45) is 0 Å². The van der Waals surface area contributed by atoms with Crippen molar-refractivity contribution in [3.05, 3.63) is 90.8 Å². The van der Waals surface area contributed by atoms with Crippen LogP contribution in [0.5, 0.6) is 5.75 Å². The maximum Gasteiger partial charge on any atom is 0.257 e. The summed E-state index contributed by atoms with van der Waals surface area (Å²) in [6.07, 6.45) is 3.07. The molecule has 1 heterocycles. The zero-order chi connectivity index (χ0) is 19.8. The van der Waals surface area contributed by atoms with E-state index in [1.54, 1.807) is 72.9 Å². The minimum atomic E-state index is -3.71. The lowest BCUT2D eigenvalue weighted by atomic mass is 10.2. The molecule has 0 aliphatic heterocycles. The highest BCUT2D eigenvalue weighted by molar-refractivity contribution is 7.91. The van der Waals surface area contributed by atoms with Gasteiger partial charge in [0.15, 0.2) is 16.4 Å². The molecule has 0 aliphatic rings. The van der Waals surface area contributed by atoms with Crippen molar-refractivity contribution in [2.75, 3.05) is 13.2 Å². The maximum absolute atomic E-state index is 13.1. The Kier molecular flexibility index (Phi) is 6.39. The van der Waals surface area contributed by atoms with Gasteiger partial charge in [-0.25, -0.2) is 8.42 Å². The molecular formula is C21H20N2O4S. The minimum absolute atomic E-state index is 0.0834. The summed E-state index contributed by atoms with van der Waals surface area (Å²) in [5.74, 6) is 0.166. The van der Waals surface area contributed by atoms with Gasteiger partial charge >= 0.3 is 0 Å². The van der Waals surface area contributed by atoms with Crippen LogP contribution in [-0.4, -0.2) is 32.5 Å². The molecule has 1 aromatic heterocycles. The van der Waals surface area contributed by atoms with E-state index in [1.807, 2.05) is 6.07 Å². The first-order chi connectivity index (χ1) is 13.6. The number of carbonyl (C=O) groups excluding carboxylic acids is 1. The van der Waals surface area contributed by atoms with E-state index in [-0.39, 0.29) is 18.0 Å². The van der Waals surface area contributed by atoms with Crippen LogP contribution in [0.25, 0.3) is 0 Å². The van der Waals surface area contributed by atoms with Crippen LogP contribution in [0, 0.1) is 0 Å². The van der Waals surface area contributed by atoms with Crippen molar-refractivity contribution in [1.29, 1.82) is 0 Å². The molecule has 1 atom stereocenters. The molecule has 0 fully saturated rings. The number of amides is 1. The van der Waals surface area contributed by atoms with Crippen LogP contribution >= 0.6 is 0 Å². The van der Waals surface area contributed by atoms with Crippen LogP contribution in [0.4, 0.5) is 0 Å². The molecule has 3 aromatic rings. The molecular weight excluding hydrogens is 376 g/mol. The number of nitrogens with zero attached hydrogens (tertiary/aromatic N) is 1. The van der Waals surface area contributed by atoms with Crippen molar-refractivity contribution in [2.45, 2.75) is 10.1 Å². The predicted molar refractivity (Wildman–Crippen MR) is 106 cm³/mol. The Labute approximate surface area is 164 Å². The average Bonchev–Trinajstić information content (AvgIpc) is 2.74. The Hall–Kier alpha value is -3.19. The Morgan fingerprint density at radius 1 is 0.964 bits per heavy atom. The van der Waals surface area contributed by atoms with Crippen molar-refractivity contribution < 1.29 is 17.9 Å². The number of pyridine rings is 1. The molecule has 0 radical (unpaired) electrons. The number of benzene rings is 2. The zero-order valence-electron chi connectivity index (χ0n) is 15.1. The van der Waals surface area contributed by atoms with Crippen LogP contribution in [-0.2, 0) is 14.6 Å². The summed E-state index contributed by atoms with van der Waals surface area (Å²) >= 11 is 0. The van der Waals surface area contributed by atoms with Crippen LogP contribution in [0.15, 0.2) is 90.1 Å². The largest absolute Gasteiger partial charge is 0.484 e. The Bertz CT molecular complexity index is 994. The van der Waals surface area contributed by atoms with Gasteiger partial charge in [0.25, 0.3) is 5.91 Å². The predicted octanol–water partition coefficient (Wildman–Crippen LogP) is 2.79. The number of sulfone groups is 1. The maximum atomic E-state index is 13.1. The third-order valence-electron chi connectivity index (χ3n) is 4.10. The summed E-state index contributed by atoms with van der Waals surface area (Å²) in [4.78, 5) is 16.4. The number of aromatic nitrogens is 1. The Morgan fingerprint density at radius 2 is 1.64 bits per heavy atom. The highest BCUT2D eigenvalue weighted by Crippen LogP contribution is 2.27. The van der Waals surface area contributed by atoms with Crippen molar-refractivity contribution >= 4 is 15.7 Å². The van der Waals surface area contributed by atoms with Crippen LogP contribution in [0.2, 0.25) is 0 Å². The van der Waals surface area contributed by atoms with Gasteiger partial charge in [-0.15, -0.1) is 0 Å². The van der Waals surface area contributed by atoms with Gasteiger partial charge in [0.1, 0.15) is 11.0 Å². The van der Waals surface area contributed by atoms with Gasteiger partial charge in [0.2, 0.25) is 0 Å². The molecule has 1 N–H and O–H groups in total. The molecule has 28 heavy (non-hydrogen) atoms. The highest BCUT2D eigenvalue weighted by Gasteiger charge is 2.29. The molecule has 0 bridgehead atoms. The summed E-state index contributed by atoms with van der Waals surface area (Å²) in [7, 11) is -3.71. The Morgan fingerprint density at radius 3 is 2.29 bits per heavy atom. The fraction of sp³-hybridized carbons (Fsp3) is 0.143. The second kappa shape index (κ2) is 9.14. The number of para-hydroxylation sites is 1. The number of nitrogens with one attached hydrogen (secondary N) is 1. The Balaban J connectivity index is 1.72. The lowest BCUT2D eigenvalue weighted by molar-refractivity contribution is -0.123. The molecule has 0 spiro atoms. The molecule has 6 nitrogen and oxygen atoms in total. The van der Waals surface area contributed by atoms with E-state index in [2.05, 4.69) is 10.3 Å². The summed E-state index contributed by atoms with van der Waals surface area (Å²) in [6, 6.07) is 20.5. The fourth-order valence-corrected chi connectivity index (χ4v) is 4.34. The molecule has 2 aromatic carbocycles. The van der Waals surface area contributed by atoms with Crippen molar-refractivity contribution in [3.63, 3.8) is 0 Å². The van der Waals surface area contributed by atoms with E-state index in [0.717, 1.165) is 0 Å². The van der Waals surface area contributed by atoms with E-state index >= 15 is 0 Å². The smallest absolute Gasteiger partial charge is 0.257 e. The second-order valence-corrected chi connectivity index (χ2v) is 8.17. The van der Waals surface area contributed by atoms with E-state index in [9.17, 15) is 13.2 Å². The van der Waals surface area contributed by atoms with Gasteiger partial charge in [-0.2, -0.15) is 0 Å². The normalized spacial score (nSPS) is 12.1. The molecule has 1 amide bonds. The lowest BCUT2D eigenvalue weighted by Gasteiger charge is -2.19. The zero-order valence-corrected chi connectivity index (χ0v) is 15.9. The molecule has 0 aliphatic carbocycles. The average molecular weight is 396 g/mol. The molecule has 0 saturated carbocycles. The van der Waals surface area contributed by atoms with E-state index < -0.39 is 21.0 Å². The third-order valence-corrected chi connectivity index (χ3v) is 6.22. The van der Waals surface area contributed by atoms with Gasteiger partial charge in [0, 0.05) is 18.9 Å². The van der Waals surface area contributed by atoms with Gasteiger partial charge in [0.05, 0.1) is 4.90 Å². The minimum Gasteiger partial charge on any atom is -0.484 e. The number of hydrogen-bond donors (Lipinski definition) is 1. The molecule has 0 saturated heterocycles. The van der Waals surface area contributed by atoms with Crippen LogP contribution in [0.1, 0.15) is 10.8 Å². The topological polar surface area (TPSA) is 85.4 Å². The van der Waals surface area contributed by atoms with Gasteiger partial charge in [-0.05, 0) is 35.9 Å². The quantitative estimate of drug-likeness (QED) is 0.633. The summed E-state index contributed by atoms with van der Waals surface area (Å²) in [5, 5.41) is 1.70. The molecule has 7 heteroatoms. The van der Waals surface area contributed by atoms with E-state index in [1.165, 1.54) is 6.20 Å². The van der Waals surface area contributed by atoms with Gasteiger partial charge in [-0.3, -0.25) is 9.78 Å². The number of ether oxygens (including phenoxy) is 1. The first kappa shape index (κ1) is 19.6. The molecule has 0 unspecified atom stereocenters. The molecule has 144 valence electrons. The van der Waals surface area contributed by atoms with E-state index in [4.69, 9.17) is 4.74 Å². The molecule has 3 rings (SSSR count). The van der Waals surface area contributed by atoms with Crippen LogP contribution in [0.3, 0.4) is 0 Å². The summed E-state index contributed by atoms with van der Waals surface area (Å²) in [6.45, 7) is -0.283. The monoisotopic (exact) mass is 396 g/mol. The van der Waals surface area contributed by atoms with Gasteiger partial charge < -0.3 is 10.1 Å². The lowest BCUT2D eigenvalue weighted by Crippen LogP contribution is -2.35. The third kappa shape index (κ3) is 4.95. The number of carbonyl (C=O) groups is 1. The summed E-state index contributed by atoms with van der Waals surface area (Å²) in [5.41, 5.74) is 0.510. The van der Waals surface area contributed by atoms with Crippen molar-refractivity contribution in [1.82, 2.24) is 10.3 Å². The standard InChI is InChI=1S/C21H20N2O4S/c24-21(16-27-18-9-3-1-4-10-18)23-15-20(17-8-7-13-22-14-17)28(25,26)19-11-5-2-6-12-19/h1-14,20H,15-16H2,(H,23,24)/t20-/m0/s1. The van der Waals surface area contributed by atoms with E-state index in [0.29, 0.717) is 11.3 Å². The summed E-state index contributed by atoms with van der Waals surface area (Å²) < 4.78 is 31.6. The number of hydrogen-bond acceptors (Lipinski definition) is 5. The number of rotatable bonds is 8. The van der Waals surface area contributed by atoms with Crippen molar-refractivity contribution in [3.8, 4) is 5.75 Å². The second-order valence-electron chi connectivity index (χ2n) is 6.04. The van der Waals surface area contributed by atoms with Gasteiger partial charge in [-0.1, -0.05) is 42.5 Å². The first-order valence-corrected chi connectivity index (χ1v) is 10.3. The first-order valence-electron chi connectivity index (χ1n) is 8.71.